The minimum absolute atomic E-state index is 0.0301. The fourth-order valence-electron chi connectivity index (χ4n) is 1.74. The molecule has 2 heterocycles. The molecule has 1 N–H and O–H groups in total. The van der Waals surface area contributed by atoms with Gasteiger partial charge in [0.2, 0.25) is 11.8 Å². The molecule has 2 rings (SSSR count). The van der Waals surface area contributed by atoms with Gasteiger partial charge in [-0.25, -0.2) is 0 Å². The Bertz CT molecular complexity index is 415. The summed E-state index contributed by atoms with van der Waals surface area (Å²) in [6, 6.07) is 3.92. The van der Waals surface area contributed by atoms with E-state index < -0.39 is 0 Å². The Balaban J connectivity index is 2.27. The predicted molar refractivity (Wildman–Crippen MR) is 61.7 cm³/mol. The molecule has 0 spiro atoms. The molecular formula is C10H10BrNO2S. The average molecular weight is 288 g/mol. The highest BCUT2D eigenvalue weighted by molar-refractivity contribution is 9.11. The molecule has 3 nitrogen and oxygen atoms in total. The van der Waals surface area contributed by atoms with E-state index >= 15 is 0 Å². The van der Waals surface area contributed by atoms with E-state index in [4.69, 9.17) is 0 Å². The Morgan fingerprint density at radius 2 is 2.20 bits per heavy atom. The van der Waals surface area contributed by atoms with Crippen LogP contribution in [0, 0.1) is 5.92 Å². The third kappa shape index (κ3) is 2.13. The largest absolute Gasteiger partial charge is 0.296 e. The van der Waals surface area contributed by atoms with Crippen LogP contribution in [0.3, 0.4) is 0 Å². The Labute approximate surface area is 100.0 Å². The number of thiophene rings is 1. The molecule has 1 aromatic rings. The monoisotopic (exact) mass is 287 g/mol. The maximum absolute atomic E-state index is 11.5. The molecule has 5 heteroatoms. The van der Waals surface area contributed by atoms with E-state index in [0.717, 1.165) is 8.66 Å². The van der Waals surface area contributed by atoms with Crippen molar-refractivity contribution in [3.8, 4) is 0 Å². The van der Waals surface area contributed by atoms with Gasteiger partial charge in [0, 0.05) is 23.1 Å². The lowest BCUT2D eigenvalue weighted by molar-refractivity contribution is -0.136. The molecule has 0 saturated carbocycles. The second-order valence-electron chi connectivity index (χ2n) is 3.65. The number of piperidine rings is 1. The van der Waals surface area contributed by atoms with Gasteiger partial charge < -0.3 is 0 Å². The van der Waals surface area contributed by atoms with Gasteiger partial charge in [-0.2, -0.15) is 0 Å². The van der Waals surface area contributed by atoms with Gasteiger partial charge in [0.05, 0.1) is 3.79 Å². The molecule has 2 amide bonds. The van der Waals surface area contributed by atoms with Crippen molar-refractivity contribution >= 4 is 39.1 Å². The SMILES string of the molecule is CC1C(=O)NC(=O)CC1c1ccc(Br)s1. The standard InChI is InChI=1S/C10H10BrNO2S/c1-5-6(4-9(13)12-10(5)14)7-2-3-8(11)15-7/h2-3,5-6H,4H2,1H3,(H,12,13,14). The molecule has 1 saturated heterocycles. The first-order valence-electron chi connectivity index (χ1n) is 4.67. The van der Waals surface area contributed by atoms with Crippen molar-refractivity contribution in [2.75, 3.05) is 0 Å². The van der Waals surface area contributed by atoms with Crippen LogP contribution in [0.2, 0.25) is 0 Å². The summed E-state index contributed by atoms with van der Waals surface area (Å²) < 4.78 is 1.03. The first kappa shape index (κ1) is 10.8. The van der Waals surface area contributed by atoms with Crippen LogP contribution in [0.15, 0.2) is 15.9 Å². The smallest absolute Gasteiger partial charge is 0.230 e. The first-order chi connectivity index (χ1) is 7.08. The second-order valence-corrected chi connectivity index (χ2v) is 6.15. The molecule has 1 aromatic heterocycles. The molecule has 80 valence electrons. The number of hydrogen-bond acceptors (Lipinski definition) is 3. The summed E-state index contributed by atoms with van der Waals surface area (Å²) in [5.74, 6) is -0.441. The number of nitrogens with one attached hydrogen (secondary N) is 1. The van der Waals surface area contributed by atoms with E-state index in [-0.39, 0.29) is 23.7 Å². The van der Waals surface area contributed by atoms with Crippen LogP contribution in [0.1, 0.15) is 24.1 Å². The van der Waals surface area contributed by atoms with E-state index in [2.05, 4.69) is 21.2 Å². The number of rotatable bonds is 1. The molecule has 0 radical (unpaired) electrons. The minimum atomic E-state index is -0.173. The van der Waals surface area contributed by atoms with Crippen LogP contribution < -0.4 is 5.32 Å². The minimum Gasteiger partial charge on any atom is -0.296 e. The molecule has 1 aliphatic heterocycles. The number of carbonyl (C=O) groups is 2. The Morgan fingerprint density at radius 3 is 2.80 bits per heavy atom. The van der Waals surface area contributed by atoms with Gasteiger partial charge >= 0.3 is 0 Å². The van der Waals surface area contributed by atoms with Crippen molar-refractivity contribution in [3.63, 3.8) is 0 Å². The molecular weight excluding hydrogens is 278 g/mol. The van der Waals surface area contributed by atoms with Crippen LogP contribution >= 0.6 is 27.3 Å². The third-order valence-electron chi connectivity index (χ3n) is 2.64. The van der Waals surface area contributed by atoms with Gasteiger partial charge in [-0.05, 0) is 28.1 Å². The number of amides is 2. The molecule has 0 bridgehead atoms. The van der Waals surface area contributed by atoms with E-state index in [1.54, 1.807) is 11.3 Å². The summed E-state index contributed by atoms with van der Waals surface area (Å²) in [4.78, 5) is 23.8. The van der Waals surface area contributed by atoms with Crippen molar-refractivity contribution < 1.29 is 9.59 Å². The molecule has 0 aromatic carbocycles. The number of imide groups is 1. The highest BCUT2D eigenvalue weighted by Gasteiger charge is 2.34. The Hall–Kier alpha value is -0.680. The lowest BCUT2D eigenvalue weighted by atomic mass is 9.86. The van der Waals surface area contributed by atoms with E-state index in [1.807, 2.05) is 19.1 Å². The van der Waals surface area contributed by atoms with Crippen LogP contribution in [0.25, 0.3) is 0 Å². The van der Waals surface area contributed by atoms with Crippen LogP contribution in [-0.2, 0) is 9.59 Å². The van der Waals surface area contributed by atoms with E-state index in [9.17, 15) is 9.59 Å². The Morgan fingerprint density at radius 1 is 1.47 bits per heavy atom. The van der Waals surface area contributed by atoms with Gasteiger partial charge in [0.1, 0.15) is 0 Å². The maximum Gasteiger partial charge on any atom is 0.230 e. The summed E-state index contributed by atoms with van der Waals surface area (Å²) in [7, 11) is 0. The highest BCUT2D eigenvalue weighted by Crippen LogP contribution is 2.36. The van der Waals surface area contributed by atoms with Crippen molar-refractivity contribution in [2.45, 2.75) is 19.3 Å². The normalized spacial score (nSPS) is 26.5. The average Bonchev–Trinajstić information content (AvgIpc) is 2.58. The van der Waals surface area contributed by atoms with E-state index in [0.29, 0.717) is 6.42 Å². The molecule has 0 aliphatic carbocycles. The summed E-state index contributed by atoms with van der Waals surface area (Å²) >= 11 is 4.97. The van der Waals surface area contributed by atoms with Crippen molar-refractivity contribution in [3.05, 3.63) is 20.8 Å². The highest BCUT2D eigenvalue weighted by atomic mass is 79.9. The van der Waals surface area contributed by atoms with Gasteiger partial charge in [-0.3, -0.25) is 14.9 Å². The summed E-state index contributed by atoms with van der Waals surface area (Å²) in [6.45, 7) is 1.86. The number of halogens is 1. The van der Waals surface area contributed by atoms with E-state index in [1.165, 1.54) is 0 Å². The molecule has 2 unspecified atom stereocenters. The van der Waals surface area contributed by atoms with Gasteiger partial charge in [-0.15, -0.1) is 11.3 Å². The van der Waals surface area contributed by atoms with Crippen molar-refractivity contribution in [1.29, 1.82) is 0 Å². The zero-order chi connectivity index (χ0) is 11.0. The lowest BCUT2D eigenvalue weighted by Gasteiger charge is -2.26. The Kier molecular flexibility index (Phi) is 2.93. The maximum atomic E-state index is 11.5. The van der Waals surface area contributed by atoms with Crippen LogP contribution in [0.5, 0.6) is 0 Å². The topological polar surface area (TPSA) is 46.2 Å². The molecule has 2 atom stereocenters. The quantitative estimate of drug-likeness (QED) is 0.806. The van der Waals surface area contributed by atoms with Crippen molar-refractivity contribution in [2.24, 2.45) is 5.92 Å². The first-order valence-corrected chi connectivity index (χ1v) is 6.28. The fraction of sp³-hybridized carbons (Fsp3) is 0.400. The third-order valence-corrected chi connectivity index (χ3v) is 4.40. The van der Waals surface area contributed by atoms with Crippen LogP contribution in [-0.4, -0.2) is 11.8 Å². The van der Waals surface area contributed by atoms with Crippen LogP contribution in [0.4, 0.5) is 0 Å². The second kappa shape index (κ2) is 4.06. The number of carbonyl (C=O) groups excluding carboxylic acids is 2. The van der Waals surface area contributed by atoms with Crippen molar-refractivity contribution in [1.82, 2.24) is 5.32 Å². The molecule has 1 fully saturated rings. The molecule has 1 aliphatic rings. The molecule has 15 heavy (non-hydrogen) atoms. The number of hydrogen-bond donors (Lipinski definition) is 1. The predicted octanol–water partition coefficient (Wildman–Crippen LogP) is 2.28. The zero-order valence-electron chi connectivity index (χ0n) is 8.12. The fourth-order valence-corrected chi connectivity index (χ4v) is 3.37. The zero-order valence-corrected chi connectivity index (χ0v) is 10.5. The lowest BCUT2D eigenvalue weighted by Crippen LogP contribution is -2.43. The van der Waals surface area contributed by atoms with Gasteiger partial charge in [0.25, 0.3) is 0 Å². The summed E-state index contributed by atoms with van der Waals surface area (Å²) in [5, 5.41) is 2.35. The summed E-state index contributed by atoms with van der Waals surface area (Å²) in [5.41, 5.74) is 0. The van der Waals surface area contributed by atoms with Gasteiger partial charge in [-0.1, -0.05) is 6.92 Å². The van der Waals surface area contributed by atoms with Gasteiger partial charge in [0.15, 0.2) is 0 Å². The summed E-state index contributed by atoms with van der Waals surface area (Å²) in [6.07, 6.45) is 0.403.